The second-order valence-electron chi connectivity index (χ2n) is 6.54. The highest BCUT2D eigenvalue weighted by atomic mass is 35.5. The number of anilines is 3. The number of nitrogens with one attached hydrogen (secondary N) is 1. The van der Waals surface area contributed by atoms with E-state index in [4.69, 9.17) is 16.3 Å². The van der Waals surface area contributed by atoms with Gasteiger partial charge in [0, 0.05) is 0 Å². The third-order valence-electron chi connectivity index (χ3n) is 4.49. The molecular formula is C19H20ClN3O5S. The largest absolute Gasteiger partial charge is 0.495 e. The summed E-state index contributed by atoms with van der Waals surface area (Å²) in [6.07, 6.45) is 1.01. The maximum absolute atomic E-state index is 13.3. The van der Waals surface area contributed by atoms with Gasteiger partial charge in [-0.2, -0.15) is 0 Å². The van der Waals surface area contributed by atoms with Crippen molar-refractivity contribution in [3.8, 4) is 5.75 Å². The molecule has 0 bridgehead atoms. The summed E-state index contributed by atoms with van der Waals surface area (Å²) in [6.45, 7) is 1.26. The van der Waals surface area contributed by atoms with E-state index in [2.05, 4.69) is 5.32 Å². The Morgan fingerprint density at radius 2 is 1.97 bits per heavy atom. The molecular weight excluding hydrogens is 418 g/mol. The summed E-state index contributed by atoms with van der Waals surface area (Å²) in [6, 6.07) is 10.2. The number of amides is 2. The Morgan fingerprint density at radius 1 is 1.28 bits per heavy atom. The van der Waals surface area contributed by atoms with E-state index < -0.39 is 22.0 Å². The Labute approximate surface area is 174 Å². The highest BCUT2D eigenvalue weighted by Crippen LogP contribution is 2.33. The van der Waals surface area contributed by atoms with Crippen LogP contribution >= 0.6 is 11.6 Å². The monoisotopic (exact) mass is 437 g/mol. The summed E-state index contributed by atoms with van der Waals surface area (Å²) < 4.78 is 31.2. The Hall–Kier alpha value is -2.78. The van der Waals surface area contributed by atoms with Crippen molar-refractivity contribution in [3.63, 3.8) is 0 Å². The van der Waals surface area contributed by atoms with Crippen molar-refractivity contribution in [2.45, 2.75) is 13.0 Å². The molecule has 1 heterocycles. The number of carbonyl (C=O) groups is 2. The van der Waals surface area contributed by atoms with Gasteiger partial charge in [-0.1, -0.05) is 23.7 Å². The van der Waals surface area contributed by atoms with Crippen LogP contribution in [0.15, 0.2) is 42.5 Å². The molecule has 1 unspecified atom stereocenters. The molecule has 0 aliphatic carbocycles. The van der Waals surface area contributed by atoms with E-state index in [1.165, 1.54) is 37.1 Å². The number of para-hydroxylation sites is 2. The van der Waals surface area contributed by atoms with Crippen LogP contribution in [-0.4, -0.2) is 46.2 Å². The maximum atomic E-state index is 13.3. The van der Waals surface area contributed by atoms with Crippen LogP contribution < -0.4 is 19.3 Å². The second kappa shape index (κ2) is 7.92. The Morgan fingerprint density at radius 3 is 2.59 bits per heavy atom. The minimum Gasteiger partial charge on any atom is -0.495 e. The van der Waals surface area contributed by atoms with Gasteiger partial charge in [0.05, 0.1) is 35.5 Å². The second-order valence-corrected chi connectivity index (χ2v) is 8.81. The third-order valence-corrected chi connectivity index (χ3v) is 6.03. The van der Waals surface area contributed by atoms with Gasteiger partial charge < -0.3 is 10.1 Å². The number of benzene rings is 2. The first kappa shape index (κ1) is 20.9. The first-order valence-corrected chi connectivity index (χ1v) is 10.9. The number of nitrogens with zero attached hydrogens (tertiary/aromatic N) is 2. The Balaban J connectivity index is 2.01. The molecule has 8 nitrogen and oxygen atoms in total. The molecule has 0 aromatic heterocycles. The zero-order chi connectivity index (χ0) is 21.3. The normalized spacial score (nSPS) is 14.6. The van der Waals surface area contributed by atoms with Gasteiger partial charge >= 0.3 is 0 Å². The number of hydrogen-bond acceptors (Lipinski definition) is 5. The van der Waals surface area contributed by atoms with E-state index in [0.717, 1.165) is 10.6 Å². The Kier molecular flexibility index (Phi) is 5.72. The summed E-state index contributed by atoms with van der Waals surface area (Å²) in [5, 5.41) is 2.91. The summed E-state index contributed by atoms with van der Waals surface area (Å²) >= 11 is 6.15. The van der Waals surface area contributed by atoms with Crippen molar-refractivity contribution < 1.29 is 22.7 Å². The lowest BCUT2D eigenvalue weighted by molar-refractivity contribution is -0.122. The van der Waals surface area contributed by atoms with Crippen molar-refractivity contribution in [3.05, 3.63) is 47.5 Å². The first-order chi connectivity index (χ1) is 13.6. The molecule has 3 rings (SSSR count). The van der Waals surface area contributed by atoms with Gasteiger partial charge in [-0.3, -0.25) is 18.8 Å². The number of halogens is 1. The third kappa shape index (κ3) is 4.15. The fraction of sp³-hybridized carbons (Fsp3) is 0.263. The number of ether oxygens (including phenoxy) is 1. The van der Waals surface area contributed by atoms with Crippen LogP contribution in [0.4, 0.5) is 17.1 Å². The van der Waals surface area contributed by atoms with Gasteiger partial charge in [-0.25, -0.2) is 8.42 Å². The van der Waals surface area contributed by atoms with Crippen molar-refractivity contribution in [2.24, 2.45) is 0 Å². The lowest BCUT2D eigenvalue weighted by atomic mass is 10.1. The highest BCUT2D eigenvalue weighted by molar-refractivity contribution is 7.92. The average Bonchev–Trinajstić information content (AvgIpc) is 2.65. The van der Waals surface area contributed by atoms with Gasteiger partial charge in [-0.05, 0) is 37.3 Å². The van der Waals surface area contributed by atoms with Crippen molar-refractivity contribution in [1.29, 1.82) is 0 Å². The number of sulfonamides is 1. The molecule has 1 aliphatic rings. The summed E-state index contributed by atoms with van der Waals surface area (Å²) in [7, 11) is -2.40. The van der Waals surface area contributed by atoms with Crippen LogP contribution in [0.1, 0.15) is 6.92 Å². The molecule has 1 N–H and O–H groups in total. The molecule has 1 aliphatic heterocycles. The van der Waals surface area contributed by atoms with Crippen LogP contribution in [0.5, 0.6) is 5.75 Å². The van der Waals surface area contributed by atoms with Crippen molar-refractivity contribution in [2.75, 3.05) is 34.4 Å². The fourth-order valence-corrected chi connectivity index (χ4v) is 4.66. The summed E-state index contributed by atoms with van der Waals surface area (Å²) in [5.41, 5.74) is 1.21. The molecule has 29 heavy (non-hydrogen) atoms. The zero-order valence-corrected chi connectivity index (χ0v) is 17.6. The molecule has 0 radical (unpaired) electrons. The molecule has 2 aromatic rings. The van der Waals surface area contributed by atoms with Gasteiger partial charge in [0.2, 0.25) is 15.9 Å². The molecule has 154 valence electrons. The molecule has 0 fully saturated rings. The molecule has 0 saturated heterocycles. The molecule has 2 aromatic carbocycles. The van der Waals surface area contributed by atoms with Crippen LogP contribution in [0.25, 0.3) is 0 Å². The van der Waals surface area contributed by atoms with E-state index in [0.29, 0.717) is 17.1 Å². The lowest BCUT2D eigenvalue weighted by Gasteiger charge is -2.35. The van der Waals surface area contributed by atoms with Gasteiger partial charge in [0.15, 0.2) is 0 Å². The number of hydrogen-bond donors (Lipinski definition) is 1. The van der Waals surface area contributed by atoms with E-state index in [-0.39, 0.29) is 23.2 Å². The van der Waals surface area contributed by atoms with E-state index in [9.17, 15) is 18.0 Å². The SMILES string of the molecule is COc1ccc(N(C(C)C(=O)N2CC(=O)Nc3ccccc32)S(C)(=O)=O)cc1Cl. The number of rotatable bonds is 5. The van der Waals surface area contributed by atoms with Gasteiger partial charge in [0.1, 0.15) is 18.3 Å². The predicted octanol–water partition coefficient (Wildman–Crippen LogP) is 2.49. The molecule has 10 heteroatoms. The van der Waals surface area contributed by atoms with Gasteiger partial charge in [0.25, 0.3) is 5.91 Å². The zero-order valence-electron chi connectivity index (χ0n) is 16.0. The molecule has 1 atom stereocenters. The lowest BCUT2D eigenvalue weighted by Crippen LogP contribution is -2.52. The minimum absolute atomic E-state index is 0.207. The minimum atomic E-state index is -3.84. The van der Waals surface area contributed by atoms with E-state index in [1.54, 1.807) is 24.3 Å². The molecule has 0 saturated carbocycles. The topological polar surface area (TPSA) is 96.0 Å². The standard InChI is InChI=1S/C19H20ClN3O5S/c1-12(19(25)22-11-18(24)21-15-6-4-5-7-16(15)22)23(29(3,26)27)13-8-9-17(28-2)14(20)10-13/h4-10,12H,11H2,1-3H3,(H,21,24). The number of carbonyl (C=O) groups excluding carboxylic acids is 2. The maximum Gasteiger partial charge on any atom is 0.251 e. The Bertz CT molecular complexity index is 1070. The smallest absolute Gasteiger partial charge is 0.251 e. The molecule has 2 amide bonds. The van der Waals surface area contributed by atoms with E-state index >= 15 is 0 Å². The summed E-state index contributed by atoms with van der Waals surface area (Å²) in [4.78, 5) is 26.6. The number of fused-ring (bicyclic) bond motifs is 1. The summed E-state index contributed by atoms with van der Waals surface area (Å²) in [5.74, 6) is -0.517. The highest BCUT2D eigenvalue weighted by Gasteiger charge is 2.36. The fourth-order valence-electron chi connectivity index (χ4n) is 3.25. The van der Waals surface area contributed by atoms with E-state index in [1.807, 2.05) is 0 Å². The van der Waals surface area contributed by atoms with Crippen LogP contribution in [0.2, 0.25) is 5.02 Å². The molecule has 0 spiro atoms. The van der Waals surface area contributed by atoms with Crippen LogP contribution in [0.3, 0.4) is 0 Å². The van der Waals surface area contributed by atoms with Crippen molar-refractivity contribution >= 4 is 50.5 Å². The average molecular weight is 438 g/mol. The predicted molar refractivity (Wildman–Crippen MR) is 112 cm³/mol. The first-order valence-electron chi connectivity index (χ1n) is 8.66. The van der Waals surface area contributed by atoms with Crippen LogP contribution in [0, 0.1) is 0 Å². The van der Waals surface area contributed by atoms with Crippen LogP contribution in [-0.2, 0) is 19.6 Å². The van der Waals surface area contributed by atoms with Gasteiger partial charge in [-0.15, -0.1) is 0 Å². The number of methoxy groups -OCH3 is 1. The quantitative estimate of drug-likeness (QED) is 0.775. The van der Waals surface area contributed by atoms with Crippen molar-refractivity contribution in [1.82, 2.24) is 0 Å².